The second kappa shape index (κ2) is 8.84. The molecule has 1 N–H and O–H groups in total. The molecule has 0 saturated heterocycles. The van der Waals surface area contributed by atoms with E-state index in [-0.39, 0.29) is 23.9 Å². The second-order valence-corrected chi connectivity index (χ2v) is 5.92. The highest BCUT2D eigenvalue weighted by molar-refractivity contribution is 5.78. The van der Waals surface area contributed by atoms with Crippen LogP contribution in [0.4, 0.5) is 5.69 Å². The molecule has 7 nitrogen and oxygen atoms in total. The maximum Gasteiger partial charge on any atom is 0.269 e. The van der Waals surface area contributed by atoms with Crippen LogP contribution < -0.4 is 14.8 Å². The van der Waals surface area contributed by atoms with Crippen molar-refractivity contribution in [1.29, 1.82) is 0 Å². The van der Waals surface area contributed by atoms with E-state index in [0.717, 1.165) is 11.1 Å². The van der Waals surface area contributed by atoms with Gasteiger partial charge in [0.15, 0.2) is 11.5 Å². The Kier molecular flexibility index (Phi) is 6.54. The molecule has 0 bridgehead atoms. The van der Waals surface area contributed by atoms with Gasteiger partial charge in [-0.1, -0.05) is 25.1 Å². The summed E-state index contributed by atoms with van der Waals surface area (Å²) in [6, 6.07) is 11.7. The van der Waals surface area contributed by atoms with E-state index in [9.17, 15) is 14.9 Å². The van der Waals surface area contributed by atoms with Crippen molar-refractivity contribution >= 4 is 11.6 Å². The van der Waals surface area contributed by atoms with Gasteiger partial charge in [-0.3, -0.25) is 14.9 Å². The molecule has 0 aliphatic carbocycles. The molecule has 0 fully saturated rings. The van der Waals surface area contributed by atoms with E-state index in [4.69, 9.17) is 9.47 Å². The Balaban J connectivity index is 1.90. The Bertz CT molecular complexity index is 774. The number of rotatable bonds is 8. The van der Waals surface area contributed by atoms with Crippen LogP contribution in [0.15, 0.2) is 42.5 Å². The van der Waals surface area contributed by atoms with Crippen LogP contribution in [-0.4, -0.2) is 31.6 Å². The van der Waals surface area contributed by atoms with E-state index in [1.807, 2.05) is 13.0 Å². The van der Waals surface area contributed by atoms with Gasteiger partial charge in [-0.15, -0.1) is 0 Å². The first-order valence-electron chi connectivity index (χ1n) is 8.16. The largest absolute Gasteiger partial charge is 0.493 e. The summed E-state index contributed by atoms with van der Waals surface area (Å²) >= 11 is 0. The minimum Gasteiger partial charge on any atom is -0.493 e. The van der Waals surface area contributed by atoms with Crippen LogP contribution in [0.1, 0.15) is 24.0 Å². The molecule has 26 heavy (non-hydrogen) atoms. The molecule has 0 aromatic heterocycles. The van der Waals surface area contributed by atoms with E-state index in [2.05, 4.69) is 5.32 Å². The third-order valence-electron chi connectivity index (χ3n) is 4.09. The van der Waals surface area contributed by atoms with Crippen molar-refractivity contribution < 1.29 is 19.2 Å². The van der Waals surface area contributed by atoms with Crippen LogP contribution in [0.5, 0.6) is 11.5 Å². The molecule has 0 heterocycles. The lowest BCUT2D eigenvalue weighted by Crippen LogP contribution is -2.28. The van der Waals surface area contributed by atoms with Crippen molar-refractivity contribution in [3.8, 4) is 11.5 Å². The van der Waals surface area contributed by atoms with Crippen LogP contribution in [-0.2, 0) is 11.2 Å². The number of nitrogens with one attached hydrogen (secondary N) is 1. The Morgan fingerprint density at radius 2 is 1.77 bits per heavy atom. The zero-order chi connectivity index (χ0) is 19.1. The average molecular weight is 358 g/mol. The van der Waals surface area contributed by atoms with Crippen LogP contribution in [0.3, 0.4) is 0 Å². The fraction of sp³-hybridized carbons (Fsp3) is 0.316. The number of carbonyl (C=O) groups is 1. The van der Waals surface area contributed by atoms with Gasteiger partial charge in [0.2, 0.25) is 5.91 Å². The molecular weight excluding hydrogens is 336 g/mol. The molecule has 2 aromatic rings. The number of non-ortho nitro benzene ring substituents is 1. The summed E-state index contributed by atoms with van der Waals surface area (Å²) in [5, 5.41) is 13.6. The smallest absolute Gasteiger partial charge is 0.269 e. The lowest BCUT2D eigenvalue weighted by Gasteiger charge is -2.14. The van der Waals surface area contributed by atoms with E-state index in [0.29, 0.717) is 18.0 Å². The summed E-state index contributed by atoms with van der Waals surface area (Å²) in [5.74, 6) is 1.14. The number of hydrogen-bond donors (Lipinski definition) is 1. The number of carbonyl (C=O) groups excluding carboxylic acids is 1. The van der Waals surface area contributed by atoms with Gasteiger partial charge in [0.1, 0.15) is 0 Å². The lowest BCUT2D eigenvalue weighted by molar-refractivity contribution is -0.384. The molecule has 138 valence electrons. The first-order valence-corrected chi connectivity index (χ1v) is 8.16. The van der Waals surface area contributed by atoms with Gasteiger partial charge < -0.3 is 14.8 Å². The molecule has 0 saturated carbocycles. The SMILES string of the molecule is COc1ccc(CC(=O)NCC(C)c2ccc([N+](=O)[O-])cc2)cc1OC. The van der Waals surface area contributed by atoms with E-state index >= 15 is 0 Å². The molecule has 7 heteroatoms. The van der Waals surface area contributed by atoms with Crippen molar-refractivity contribution in [3.05, 3.63) is 63.7 Å². The second-order valence-electron chi connectivity index (χ2n) is 5.92. The number of methoxy groups -OCH3 is 2. The topological polar surface area (TPSA) is 90.7 Å². The van der Waals surface area contributed by atoms with Crippen molar-refractivity contribution in [2.75, 3.05) is 20.8 Å². The minimum atomic E-state index is -0.431. The van der Waals surface area contributed by atoms with Crippen molar-refractivity contribution in [2.45, 2.75) is 19.3 Å². The zero-order valence-electron chi connectivity index (χ0n) is 15.0. The number of ether oxygens (including phenoxy) is 2. The predicted octanol–water partition coefficient (Wildman–Crippen LogP) is 3.07. The van der Waals surface area contributed by atoms with Crippen molar-refractivity contribution in [1.82, 2.24) is 5.32 Å². The first kappa shape index (κ1) is 19.2. The molecule has 0 aliphatic rings. The van der Waals surface area contributed by atoms with E-state index in [1.54, 1.807) is 38.5 Å². The molecule has 1 atom stereocenters. The molecule has 2 rings (SSSR count). The maximum absolute atomic E-state index is 12.2. The number of nitrogens with zero attached hydrogens (tertiary/aromatic N) is 1. The molecule has 1 unspecified atom stereocenters. The molecule has 1 amide bonds. The number of amides is 1. The van der Waals surface area contributed by atoms with Gasteiger partial charge in [0.05, 0.1) is 25.6 Å². The summed E-state index contributed by atoms with van der Waals surface area (Å²) in [7, 11) is 3.11. The van der Waals surface area contributed by atoms with Gasteiger partial charge in [0, 0.05) is 18.7 Å². The highest BCUT2D eigenvalue weighted by Crippen LogP contribution is 2.27. The highest BCUT2D eigenvalue weighted by atomic mass is 16.6. The average Bonchev–Trinajstić information content (AvgIpc) is 2.66. The Labute approximate surface area is 152 Å². The van der Waals surface area contributed by atoms with Gasteiger partial charge in [-0.25, -0.2) is 0 Å². The number of benzene rings is 2. The minimum absolute atomic E-state index is 0.0464. The predicted molar refractivity (Wildman–Crippen MR) is 97.8 cm³/mol. The molecule has 0 radical (unpaired) electrons. The van der Waals surface area contributed by atoms with Crippen LogP contribution in [0.25, 0.3) is 0 Å². The quantitative estimate of drug-likeness (QED) is 0.578. The van der Waals surface area contributed by atoms with Crippen LogP contribution >= 0.6 is 0 Å². The summed E-state index contributed by atoms with van der Waals surface area (Å²) in [6.07, 6.45) is 0.229. The van der Waals surface area contributed by atoms with E-state index < -0.39 is 4.92 Å². The molecule has 0 aliphatic heterocycles. The summed E-state index contributed by atoms with van der Waals surface area (Å²) < 4.78 is 10.4. The Hall–Kier alpha value is -3.09. The van der Waals surface area contributed by atoms with Gasteiger partial charge in [-0.2, -0.15) is 0 Å². The van der Waals surface area contributed by atoms with Crippen molar-refractivity contribution in [3.63, 3.8) is 0 Å². The maximum atomic E-state index is 12.2. The number of hydrogen-bond acceptors (Lipinski definition) is 5. The van der Waals surface area contributed by atoms with Gasteiger partial charge >= 0.3 is 0 Å². The highest BCUT2D eigenvalue weighted by Gasteiger charge is 2.12. The third-order valence-corrected chi connectivity index (χ3v) is 4.09. The summed E-state index contributed by atoms with van der Waals surface area (Å²) in [6.45, 7) is 2.40. The van der Waals surface area contributed by atoms with E-state index in [1.165, 1.54) is 12.1 Å². The Morgan fingerprint density at radius 1 is 1.12 bits per heavy atom. The fourth-order valence-electron chi connectivity index (χ4n) is 2.55. The normalized spacial score (nSPS) is 11.5. The summed E-state index contributed by atoms with van der Waals surface area (Å²) in [5.41, 5.74) is 1.81. The third kappa shape index (κ3) is 4.95. The monoisotopic (exact) mass is 358 g/mol. The Morgan fingerprint density at radius 3 is 2.35 bits per heavy atom. The number of nitro groups is 1. The first-order chi connectivity index (χ1) is 12.4. The summed E-state index contributed by atoms with van der Waals surface area (Å²) in [4.78, 5) is 22.4. The van der Waals surface area contributed by atoms with Crippen molar-refractivity contribution in [2.24, 2.45) is 0 Å². The molecule has 0 spiro atoms. The molecular formula is C19H22N2O5. The fourth-order valence-corrected chi connectivity index (χ4v) is 2.55. The van der Waals surface area contributed by atoms with Crippen LogP contribution in [0.2, 0.25) is 0 Å². The molecule has 2 aromatic carbocycles. The standard InChI is InChI=1S/C19H22N2O5/c1-13(15-5-7-16(8-6-15)21(23)24)12-20-19(22)11-14-4-9-17(25-2)18(10-14)26-3/h4-10,13H,11-12H2,1-3H3,(H,20,22). The zero-order valence-corrected chi connectivity index (χ0v) is 15.0. The van der Waals surface area contributed by atoms with Gasteiger partial charge in [-0.05, 0) is 29.2 Å². The lowest BCUT2D eigenvalue weighted by atomic mass is 10.0. The van der Waals surface area contributed by atoms with Crippen LogP contribution in [0, 0.1) is 10.1 Å². The number of nitro benzene ring substituents is 1. The van der Waals surface area contributed by atoms with Gasteiger partial charge in [0.25, 0.3) is 5.69 Å².